The van der Waals surface area contributed by atoms with Crippen molar-refractivity contribution in [1.29, 1.82) is 0 Å². The second-order valence-corrected chi connectivity index (χ2v) is 9.16. The lowest BCUT2D eigenvalue weighted by molar-refractivity contribution is -0.117. The normalized spacial score (nSPS) is 15.5. The molecule has 3 heterocycles. The third-order valence-electron chi connectivity index (χ3n) is 6.55. The van der Waals surface area contributed by atoms with E-state index in [1.807, 2.05) is 53.0 Å². The van der Waals surface area contributed by atoms with E-state index in [1.54, 1.807) is 13.3 Å². The van der Waals surface area contributed by atoms with Crippen LogP contribution in [-0.4, -0.2) is 27.8 Å². The van der Waals surface area contributed by atoms with E-state index < -0.39 is 0 Å². The van der Waals surface area contributed by atoms with E-state index in [0.717, 1.165) is 45.0 Å². The molecular formula is C28H26N4O3. The highest BCUT2D eigenvalue weighted by molar-refractivity contribution is 6.06. The molecule has 1 saturated carbocycles. The maximum atomic E-state index is 13.6. The summed E-state index contributed by atoms with van der Waals surface area (Å²) >= 11 is 0. The maximum absolute atomic E-state index is 13.6. The molecule has 176 valence electrons. The first kappa shape index (κ1) is 21.4. The second-order valence-electron chi connectivity index (χ2n) is 9.16. The van der Waals surface area contributed by atoms with Gasteiger partial charge in [0.15, 0.2) is 0 Å². The van der Waals surface area contributed by atoms with Gasteiger partial charge in [0.25, 0.3) is 0 Å². The lowest BCUT2D eigenvalue weighted by Crippen LogP contribution is -2.30. The molecule has 1 aliphatic heterocycles. The summed E-state index contributed by atoms with van der Waals surface area (Å²) in [5, 5.41) is 4.55. The Morgan fingerprint density at radius 1 is 1.09 bits per heavy atom. The van der Waals surface area contributed by atoms with Crippen LogP contribution in [-0.2, 0) is 11.3 Å². The summed E-state index contributed by atoms with van der Waals surface area (Å²) in [5.74, 6) is 1.99. The molecule has 35 heavy (non-hydrogen) atoms. The number of fused-ring (bicyclic) bond motifs is 1. The van der Waals surface area contributed by atoms with Crippen molar-refractivity contribution < 1.29 is 13.9 Å². The zero-order valence-corrected chi connectivity index (χ0v) is 19.8. The number of amides is 1. The zero-order chi connectivity index (χ0) is 23.9. The first-order chi connectivity index (χ1) is 17.1. The number of methoxy groups -OCH3 is 1. The van der Waals surface area contributed by atoms with Crippen molar-refractivity contribution in [2.75, 3.05) is 12.0 Å². The zero-order valence-electron chi connectivity index (χ0n) is 19.8. The average molecular weight is 467 g/mol. The van der Waals surface area contributed by atoms with Crippen molar-refractivity contribution in [3.05, 3.63) is 83.8 Å². The number of oxazole rings is 1. The van der Waals surface area contributed by atoms with E-state index in [4.69, 9.17) is 9.15 Å². The van der Waals surface area contributed by atoms with Gasteiger partial charge in [0.05, 0.1) is 44.2 Å². The molecule has 1 amide bonds. The fraction of sp³-hybridized carbons (Fsp3) is 0.250. The van der Waals surface area contributed by atoms with Crippen molar-refractivity contribution in [1.82, 2.24) is 14.8 Å². The number of nitrogens with zero attached hydrogens (tertiary/aromatic N) is 4. The summed E-state index contributed by atoms with van der Waals surface area (Å²) in [6.07, 6.45) is 10.3. The van der Waals surface area contributed by atoms with E-state index in [9.17, 15) is 4.79 Å². The third kappa shape index (κ3) is 4.25. The fourth-order valence-electron chi connectivity index (χ4n) is 4.46. The van der Waals surface area contributed by atoms with Gasteiger partial charge in [-0.2, -0.15) is 5.10 Å². The summed E-state index contributed by atoms with van der Waals surface area (Å²) in [4.78, 5) is 19.8. The first-order valence-electron chi connectivity index (χ1n) is 11.8. The van der Waals surface area contributed by atoms with Gasteiger partial charge in [0, 0.05) is 17.3 Å². The van der Waals surface area contributed by atoms with Crippen LogP contribution in [0.2, 0.25) is 0 Å². The smallest absolute Gasteiger partial charge is 0.231 e. The molecule has 0 atom stereocenters. The Bertz CT molecular complexity index is 1430. The highest BCUT2D eigenvalue weighted by Crippen LogP contribution is 2.38. The molecule has 0 unspecified atom stereocenters. The summed E-state index contributed by atoms with van der Waals surface area (Å²) in [5.41, 5.74) is 5.69. The van der Waals surface area contributed by atoms with Gasteiger partial charge in [0.2, 0.25) is 11.8 Å². The molecule has 2 aromatic carbocycles. The van der Waals surface area contributed by atoms with Gasteiger partial charge < -0.3 is 14.1 Å². The van der Waals surface area contributed by atoms with Gasteiger partial charge in [-0.1, -0.05) is 24.3 Å². The van der Waals surface area contributed by atoms with Crippen molar-refractivity contribution in [2.45, 2.75) is 38.8 Å². The standard InChI is InChI=1S/C28H26N4O3/c1-18-14-29-28(35-18)22-11-21-6-5-20(23-15-30-32(17-23)24-7-8-24)12-26(21)31(27(33)13-22)16-19-3-9-25(34-2)10-4-19/h3-6,9-12,14-15,17,24H,7-8,13,16H2,1-2H3. The molecule has 2 aromatic heterocycles. The lowest BCUT2D eigenvalue weighted by Gasteiger charge is -2.24. The highest BCUT2D eigenvalue weighted by atomic mass is 16.5. The number of rotatable bonds is 6. The number of carbonyl (C=O) groups excluding carboxylic acids is 1. The Morgan fingerprint density at radius 3 is 2.63 bits per heavy atom. The molecule has 0 saturated heterocycles. The topological polar surface area (TPSA) is 73.4 Å². The Balaban J connectivity index is 1.41. The van der Waals surface area contributed by atoms with Gasteiger partial charge in [-0.05, 0) is 60.7 Å². The third-order valence-corrected chi connectivity index (χ3v) is 6.55. The second kappa shape index (κ2) is 8.58. The molecule has 0 radical (unpaired) electrons. The van der Waals surface area contributed by atoms with Crippen molar-refractivity contribution in [2.24, 2.45) is 0 Å². The molecular weight excluding hydrogens is 440 g/mol. The van der Waals surface area contributed by atoms with Crippen molar-refractivity contribution >= 4 is 23.2 Å². The number of benzene rings is 2. The molecule has 1 fully saturated rings. The van der Waals surface area contributed by atoms with E-state index in [0.29, 0.717) is 18.5 Å². The van der Waals surface area contributed by atoms with Crippen LogP contribution < -0.4 is 9.64 Å². The van der Waals surface area contributed by atoms with Gasteiger partial charge in [-0.15, -0.1) is 0 Å². The number of aromatic nitrogens is 3. The van der Waals surface area contributed by atoms with E-state index in [1.165, 1.54) is 12.8 Å². The van der Waals surface area contributed by atoms with Gasteiger partial charge in [-0.3, -0.25) is 9.48 Å². The van der Waals surface area contributed by atoms with Crippen LogP contribution >= 0.6 is 0 Å². The summed E-state index contributed by atoms with van der Waals surface area (Å²) in [7, 11) is 1.65. The largest absolute Gasteiger partial charge is 0.497 e. The van der Waals surface area contributed by atoms with Crippen LogP contribution in [0, 0.1) is 6.92 Å². The number of ether oxygens (including phenoxy) is 1. The fourth-order valence-corrected chi connectivity index (χ4v) is 4.46. The SMILES string of the molecule is COc1ccc(CN2C(=O)CC(c3ncc(C)o3)=Cc3ccc(-c4cnn(C5CC5)c4)cc32)cc1. The summed E-state index contributed by atoms with van der Waals surface area (Å²) in [6, 6.07) is 14.6. The predicted octanol–water partition coefficient (Wildman–Crippen LogP) is 5.67. The molecule has 0 bridgehead atoms. The van der Waals surface area contributed by atoms with Crippen LogP contribution in [0.3, 0.4) is 0 Å². The minimum absolute atomic E-state index is 0.00695. The molecule has 7 heteroatoms. The number of hydrogen-bond acceptors (Lipinski definition) is 5. The Labute approximate surface area is 203 Å². The highest BCUT2D eigenvalue weighted by Gasteiger charge is 2.27. The van der Waals surface area contributed by atoms with Gasteiger partial charge >= 0.3 is 0 Å². The molecule has 1 aliphatic carbocycles. The van der Waals surface area contributed by atoms with Crippen LogP contribution in [0.25, 0.3) is 22.8 Å². The van der Waals surface area contributed by atoms with Crippen LogP contribution in [0.5, 0.6) is 5.75 Å². The molecule has 0 N–H and O–H groups in total. The molecule has 4 aromatic rings. The monoisotopic (exact) mass is 466 g/mol. The molecule has 2 aliphatic rings. The molecule has 7 nitrogen and oxygen atoms in total. The quantitative estimate of drug-likeness (QED) is 0.366. The Hall–Kier alpha value is -4.13. The maximum Gasteiger partial charge on any atom is 0.231 e. The van der Waals surface area contributed by atoms with E-state index >= 15 is 0 Å². The number of hydrogen-bond donors (Lipinski definition) is 0. The number of aryl methyl sites for hydroxylation is 1. The van der Waals surface area contributed by atoms with Gasteiger partial charge in [-0.25, -0.2) is 4.98 Å². The summed E-state index contributed by atoms with van der Waals surface area (Å²) < 4.78 is 13.1. The Morgan fingerprint density at radius 2 is 1.91 bits per heavy atom. The van der Waals surface area contributed by atoms with Crippen LogP contribution in [0.15, 0.2) is 65.5 Å². The lowest BCUT2D eigenvalue weighted by atomic mass is 10.0. The van der Waals surface area contributed by atoms with Crippen LogP contribution in [0.4, 0.5) is 5.69 Å². The predicted molar refractivity (Wildman–Crippen MR) is 134 cm³/mol. The first-order valence-corrected chi connectivity index (χ1v) is 11.8. The molecule has 0 spiro atoms. The van der Waals surface area contributed by atoms with Crippen LogP contribution in [0.1, 0.15) is 48.1 Å². The van der Waals surface area contributed by atoms with Crippen molar-refractivity contribution in [3.63, 3.8) is 0 Å². The minimum Gasteiger partial charge on any atom is -0.497 e. The number of carbonyl (C=O) groups is 1. The number of anilines is 1. The van der Waals surface area contributed by atoms with Gasteiger partial charge in [0.1, 0.15) is 11.5 Å². The average Bonchev–Trinajstić information content (AvgIpc) is 3.48. The van der Waals surface area contributed by atoms with E-state index in [-0.39, 0.29) is 12.3 Å². The summed E-state index contributed by atoms with van der Waals surface area (Å²) in [6.45, 7) is 2.31. The van der Waals surface area contributed by atoms with E-state index in [2.05, 4.69) is 34.5 Å². The van der Waals surface area contributed by atoms with Crippen molar-refractivity contribution in [3.8, 4) is 16.9 Å². The Kier molecular flexibility index (Phi) is 5.25. The minimum atomic E-state index is -0.00695. The molecule has 6 rings (SSSR count).